The summed E-state index contributed by atoms with van der Waals surface area (Å²) in [5, 5.41) is 79.2. The van der Waals surface area contributed by atoms with Gasteiger partial charge in [0.05, 0.1) is 18.2 Å². The van der Waals surface area contributed by atoms with Gasteiger partial charge >= 0.3 is 11.3 Å². The lowest BCUT2D eigenvalue weighted by Crippen LogP contribution is -2.60. The van der Waals surface area contributed by atoms with Gasteiger partial charge in [-0.3, -0.25) is 0 Å². The van der Waals surface area contributed by atoms with Crippen LogP contribution in [0.5, 0.6) is 28.7 Å². The van der Waals surface area contributed by atoms with Crippen LogP contribution in [0.25, 0.3) is 22.3 Å². The van der Waals surface area contributed by atoms with Gasteiger partial charge in [-0.15, -0.1) is 0 Å². The summed E-state index contributed by atoms with van der Waals surface area (Å²) in [5.41, 5.74) is 0.260. The molecule has 0 spiro atoms. The van der Waals surface area contributed by atoms with Gasteiger partial charge < -0.3 is 50.3 Å². The molecule has 4 rings (SSSR count). The van der Waals surface area contributed by atoms with Gasteiger partial charge in [-0.1, -0.05) is 0 Å². The Morgan fingerprint density at radius 3 is 2.28 bits per heavy atom. The number of benzene rings is 2. The fourth-order valence-corrected chi connectivity index (χ4v) is 3.43. The molecular formula is C21H21O11+. The summed E-state index contributed by atoms with van der Waals surface area (Å²) in [5.74, 6) is -1.64. The fourth-order valence-electron chi connectivity index (χ4n) is 3.43. The number of aromatic hydroxyl groups is 4. The van der Waals surface area contributed by atoms with Gasteiger partial charge in [0.1, 0.15) is 41.3 Å². The first-order valence-corrected chi connectivity index (χ1v) is 9.52. The predicted octanol–water partition coefficient (Wildman–Crippen LogP) is 0.382. The Morgan fingerprint density at radius 1 is 0.844 bits per heavy atom. The quantitative estimate of drug-likeness (QED) is 0.203. The van der Waals surface area contributed by atoms with Crippen LogP contribution in [0.1, 0.15) is 0 Å². The molecule has 1 aliphatic rings. The first-order chi connectivity index (χ1) is 15.2. The van der Waals surface area contributed by atoms with Crippen LogP contribution in [0.3, 0.4) is 0 Å². The summed E-state index contributed by atoms with van der Waals surface area (Å²) in [6.07, 6.45) is -7.76. The average Bonchev–Trinajstić information content (AvgIpc) is 2.76. The molecule has 2 unspecified atom stereocenters. The van der Waals surface area contributed by atoms with E-state index in [0.717, 1.165) is 6.07 Å². The van der Waals surface area contributed by atoms with Crippen molar-refractivity contribution in [1.29, 1.82) is 0 Å². The third kappa shape index (κ3) is 3.83. The fraction of sp³-hybridized carbons (Fsp3) is 0.286. The maximum atomic E-state index is 10.3. The van der Waals surface area contributed by atoms with E-state index in [2.05, 4.69) is 0 Å². The van der Waals surface area contributed by atoms with Gasteiger partial charge in [-0.25, -0.2) is 4.42 Å². The smallest absolute Gasteiger partial charge is 0.402 e. The molecule has 1 aromatic heterocycles. The van der Waals surface area contributed by atoms with E-state index in [1.807, 2.05) is 0 Å². The minimum atomic E-state index is -1.71. The summed E-state index contributed by atoms with van der Waals surface area (Å²) in [6.45, 7) is -0.661. The van der Waals surface area contributed by atoms with E-state index in [-0.39, 0.29) is 45.3 Å². The van der Waals surface area contributed by atoms with Crippen molar-refractivity contribution in [3.05, 3.63) is 36.4 Å². The van der Waals surface area contributed by atoms with Crippen molar-refractivity contribution < 1.29 is 54.7 Å². The van der Waals surface area contributed by atoms with E-state index in [1.54, 1.807) is 0 Å². The van der Waals surface area contributed by atoms with E-state index in [4.69, 9.17) is 13.9 Å². The number of fused-ring (bicyclic) bond motifs is 1. The Labute approximate surface area is 180 Å². The molecular weight excluding hydrogens is 428 g/mol. The van der Waals surface area contributed by atoms with Crippen molar-refractivity contribution in [3.8, 4) is 40.1 Å². The Hall–Kier alpha value is -3.35. The van der Waals surface area contributed by atoms with Crippen molar-refractivity contribution in [2.24, 2.45) is 0 Å². The predicted molar refractivity (Wildman–Crippen MR) is 107 cm³/mol. The normalized spacial score (nSPS) is 25.7. The highest BCUT2D eigenvalue weighted by Crippen LogP contribution is 2.42. The molecule has 1 aliphatic heterocycles. The number of rotatable bonds is 4. The molecule has 2 heterocycles. The molecule has 11 heteroatoms. The average molecular weight is 449 g/mol. The van der Waals surface area contributed by atoms with Crippen LogP contribution in [0.4, 0.5) is 0 Å². The highest BCUT2D eigenvalue weighted by atomic mass is 16.7. The monoisotopic (exact) mass is 449 g/mol. The van der Waals surface area contributed by atoms with E-state index in [0.29, 0.717) is 0 Å². The molecule has 1 saturated heterocycles. The highest BCUT2D eigenvalue weighted by molar-refractivity contribution is 5.88. The Kier molecular flexibility index (Phi) is 5.67. The van der Waals surface area contributed by atoms with Gasteiger partial charge in [0, 0.05) is 18.2 Å². The van der Waals surface area contributed by atoms with Gasteiger partial charge in [-0.2, -0.15) is 0 Å². The molecule has 0 aliphatic carbocycles. The van der Waals surface area contributed by atoms with Crippen molar-refractivity contribution >= 4 is 11.0 Å². The Balaban J connectivity index is 1.84. The second kappa shape index (κ2) is 8.30. The molecule has 1 fully saturated rings. The van der Waals surface area contributed by atoms with Crippen LogP contribution < -0.4 is 4.74 Å². The highest BCUT2D eigenvalue weighted by Gasteiger charge is 2.45. The van der Waals surface area contributed by atoms with Crippen molar-refractivity contribution in [1.82, 2.24) is 0 Å². The molecule has 0 radical (unpaired) electrons. The molecule has 0 amide bonds. The van der Waals surface area contributed by atoms with Gasteiger partial charge in [-0.05, 0) is 12.1 Å². The van der Waals surface area contributed by atoms with Crippen LogP contribution in [0, 0.1) is 0 Å². The maximum absolute atomic E-state index is 10.3. The van der Waals surface area contributed by atoms with Crippen LogP contribution in [0.15, 0.2) is 40.8 Å². The standard InChI is InChI=1S/C21H20O11/c22-7-16-17(27)18(28)19(29)21(32-16)31-15-6-10-12(25)4-9(23)5-14(10)30-20(15)8-1-2-11(24)13(26)3-8/h1-6,16-19,21-22,27-29H,7H2,(H3-,23,24,25,26)/p+1/t16-,17-,18?,19?,21-/m1/s1. The number of aliphatic hydroxyl groups is 4. The van der Waals surface area contributed by atoms with Crippen LogP contribution in [-0.4, -0.2) is 78.2 Å². The Bertz CT molecular complexity index is 1150. The zero-order valence-electron chi connectivity index (χ0n) is 16.4. The summed E-state index contributed by atoms with van der Waals surface area (Å²) >= 11 is 0. The third-order valence-corrected chi connectivity index (χ3v) is 5.15. The zero-order chi connectivity index (χ0) is 23.2. The minimum Gasteiger partial charge on any atom is -0.507 e. The molecule has 2 aromatic carbocycles. The number of aliphatic hydroxyl groups excluding tert-OH is 4. The summed E-state index contributed by atoms with van der Waals surface area (Å²) in [4.78, 5) is 0. The minimum absolute atomic E-state index is 0.0465. The van der Waals surface area contributed by atoms with Gasteiger partial charge in [0.25, 0.3) is 0 Å². The number of phenolic OH excluding ortho intramolecular Hbond substituents is 4. The first-order valence-electron chi connectivity index (χ1n) is 9.52. The lowest BCUT2D eigenvalue weighted by Gasteiger charge is -2.39. The van der Waals surface area contributed by atoms with Crippen molar-refractivity contribution in [2.45, 2.75) is 30.7 Å². The van der Waals surface area contributed by atoms with E-state index in [1.165, 1.54) is 30.3 Å². The molecule has 0 bridgehead atoms. The summed E-state index contributed by atoms with van der Waals surface area (Å²) in [6, 6.07) is 7.37. The lowest BCUT2D eigenvalue weighted by molar-refractivity contribution is -0.277. The number of hydrogen-bond acceptors (Lipinski definition) is 10. The van der Waals surface area contributed by atoms with Crippen LogP contribution >= 0.6 is 0 Å². The second-order valence-electron chi connectivity index (χ2n) is 7.34. The molecule has 5 atom stereocenters. The number of ether oxygens (including phenoxy) is 2. The Morgan fingerprint density at radius 2 is 1.59 bits per heavy atom. The summed E-state index contributed by atoms with van der Waals surface area (Å²) in [7, 11) is 0. The third-order valence-electron chi connectivity index (χ3n) is 5.15. The van der Waals surface area contributed by atoms with Crippen LogP contribution in [-0.2, 0) is 4.74 Å². The van der Waals surface area contributed by atoms with Crippen molar-refractivity contribution in [3.63, 3.8) is 0 Å². The second-order valence-corrected chi connectivity index (χ2v) is 7.34. The van der Waals surface area contributed by atoms with E-state index < -0.39 is 43.1 Å². The lowest BCUT2D eigenvalue weighted by atomic mass is 9.99. The SMILES string of the molecule is OC[C@H]1O[C@@H](Oc2cc3c(O)cc(O)cc3[o+]c2-c2ccc(O)c(O)c2)C(O)C(O)[C@@H]1O. The van der Waals surface area contributed by atoms with Crippen LogP contribution in [0.2, 0.25) is 0 Å². The molecule has 170 valence electrons. The largest absolute Gasteiger partial charge is 0.507 e. The van der Waals surface area contributed by atoms with Gasteiger partial charge in [0.15, 0.2) is 11.5 Å². The summed E-state index contributed by atoms with van der Waals surface area (Å²) < 4.78 is 16.8. The van der Waals surface area contributed by atoms with E-state index >= 15 is 0 Å². The molecule has 3 aromatic rings. The van der Waals surface area contributed by atoms with E-state index in [9.17, 15) is 40.9 Å². The molecule has 8 N–H and O–H groups in total. The number of phenols is 4. The topological polar surface area (TPSA) is 192 Å². The number of hydrogen-bond donors (Lipinski definition) is 8. The van der Waals surface area contributed by atoms with Gasteiger partial charge in [0.2, 0.25) is 12.0 Å². The first kappa shape index (κ1) is 21.9. The molecule has 0 saturated carbocycles. The molecule has 32 heavy (non-hydrogen) atoms. The maximum Gasteiger partial charge on any atom is 0.402 e. The molecule has 11 nitrogen and oxygen atoms in total. The van der Waals surface area contributed by atoms with Crippen molar-refractivity contribution in [2.75, 3.05) is 6.61 Å². The zero-order valence-corrected chi connectivity index (χ0v) is 16.4.